The molecular weight excluding hydrogens is 517 g/mol. The van der Waals surface area contributed by atoms with Crippen LogP contribution in [0.3, 0.4) is 0 Å². The van der Waals surface area contributed by atoms with Crippen LogP contribution >= 0.6 is 43.2 Å². The molecule has 3 heterocycles. The molecule has 0 bridgehead atoms. The van der Waals surface area contributed by atoms with E-state index < -0.39 is 0 Å². The minimum absolute atomic E-state index is 0.0665. The number of ether oxygens (including phenoxy) is 1. The Morgan fingerprint density at radius 3 is 2.52 bits per heavy atom. The quantitative estimate of drug-likeness (QED) is 0.239. The van der Waals surface area contributed by atoms with Gasteiger partial charge in [-0.15, -0.1) is 11.3 Å². The van der Waals surface area contributed by atoms with Crippen LogP contribution in [0.4, 0.5) is 4.39 Å². The Hall–Kier alpha value is -1.63. The van der Waals surface area contributed by atoms with Gasteiger partial charge < -0.3 is 4.74 Å². The third-order valence-corrected chi connectivity index (χ3v) is 7.65. The molecule has 4 aromatic rings. The molecule has 1 aliphatic heterocycles. The number of fused-ring (bicyclic) bond motifs is 5. The van der Waals surface area contributed by atoms with Crippen LogP contribution < -0.4 is 4.74 Å². The van der Waals surface area contributed by atoms with Gasteiger partial charge in [-0.25, -0.2) is 4.39 Å². The lowest BCUT2D eigenvalue weighted by Gasteiger charge is -2.30. The highest BCUT2D eigenvalue weighted by Gasteiger charge is 2.33. The lowest BCUT2D eigenvalue weighted by Crippen LogP contribution is -2.22. The first-order valence-corrected chi connectivity index (χ1v) is 11.7. The summed E-state index contributed by atoms with van der Waals surface area (Å²) in [5, 5.41) is 1.05. The Morgan fingerprint density at radius 1 is 1.00 bits per heavy atom. The van der Waals surface area contributed by atoms with Crippen molar-refractivity contribution >= 4 is 54.1 Å². The molecule has 1 atom stereocenters. The molecule has 0 N–H and O–H groups in total. The molecule has 2 aromatic heterocycles. The Labute approximate surface area is 189 Å². The van der Waals surface area contributed by atoms with E-state index in [9.17, 15) is 4.39 Å². The predicted molar refractivity (Wildman–Crippen MR) is 125 cm³/mol. The smallest absolute Gasteiger partial charge is 0.212 e. The van der Waals surface area contributed by atoms with Crippen molar-refractivity contribution in [2.24, 2.45) is 0 Å². The molecule has 2 aromatic carbocycles. The molecule has 0 aliphatic carbocycles. The molecule has 0 fully saturated rings. The second kappa shape index (κ2) is 6.69. The fraction of sp³-hybridized carbons (Fsp3) is 0.217. The minimum atomic E-state index is -0.342. The third kappa shape index (κ3) is 3.16. The van der Waals surface area contributed by atoms with Crippen molar-refractivity contribution in [1.82, 2.24) is 4.57 Å². The summed E-state index contributed by atoms with van der Waals surface area (Å²) in [5.74, 6) is 0.263. The van der Waals surface area contributed by atoms with Crippen molar-refractivity contribution in [1.29, 1.82) is 0 Å². The van der Waals surface area contributed by atoms with Gasteiger partial charge >= 0.3 is 0 Å². The molecule has 6 heteroatoms. The van der Waals surface area contributed by atoms with E-state index in [1.165, 1.54) is 10.9 Å². The van der Waals surface area contributed by atoms with E-state index in [2.05, 4.69) is 81.5 Å². The highest BCUT2D eigenvalue weighted by atomic mass is 79.9. The average Bonchev–Trinajstić information content (AvgIpc) is 3.24. The Kier molecular flexibility index (Phi) is 4.46. The minimum Gasteiger partial charge on any atom is -0.464 e. The lowest BCUT2D eigenvalue weighted by atomic mass is 9.95. The fourth-order valence-corrected chi connectivity index (χ4v) is 5.67. The van der Waals surface area contributed by atoms with Gasteiger partial charge in [0.05, 0.1) is 21.7 Å². The molecule has 0 saturated heterocycles. The van der Waals surface area contributed by atoms with E-state index in [4.69, 9.17) is 4.74 Å². The van der Waals surface area contributed by atoms with Crippen LogP contribution in [0.1, 0.15) is 36.8 Å². The zero-order valence-corrected chi connectivity index (χ0v) is 20.1. The molecule has 0 amide bonds. The van der Waals surface area contributed by atoms with Crippen molar-refractivity contribution in [2.45, 2.75) is 32.4 Å². The molecule has 29 heavy (non-hydrogen) atoms. The second-order valence-electron chi connectivity index (χ2n) is 8.29. The Morgan fingerprint density at radius 2 is 1.79 bits per heavy atom. The summed E-state index contributed by atoms with van der Waals surface area (Å²) in [7, 11) is 0. The summed E-state index contributed by atoms with van der Waals surface area (Å²) in [4.78, 5) is 2.39. The van der Waals surface area contributed by atoms with Crippen molar-refractivity contribution < 1.29 is 9.13 Å². The standard InChI is InChI=1S/C23H18Br2FNOS/c1-23(2,3)20-7-6-19(29-20)22-27-16-5-4-13(24)8-12(16)9-17(27)21-15(26)10-14(25)11-18(21)28-22/h4-11,22H,1-3H3. The summed E-state index contributed by atoms with van der Waals surface area (Å²) < 4.78 is 25.2. The van der Waals surface area contributed by atoms with Gasteiger partial charge in [0.1, 0.15) is 11.6 Å². The Bertz CT molecular complexity index is 1270. The molecule has 1 unspecified atom stereocenters. The van der Waals surface area contributed by atoms with Gasteiger partial charge in [-0.3, -0.25) is 4.57 Å². The molecule has 0 saturated carbocycles. The Balaban J connectivity index is 1.79. The lowest BCUT2D eigenvalue weighted by molar-refractivity contribution is 0.176. The number of hydrogen-bond donors (Lipinski definition) is 0. The van der Waals surface area contributed by atoms with Gasteiger partial charge in [0.15, 0.2) is 0 Å². The highest BCUT2D eigenvalue weighted by Crippen LogP contribution is 2.48. The summed E-state index contributed by atoms with van der Waals surface area (Å²) in [6, 6.07) is 15.8. The molecule has 1 aliphatic rings. The largest absolute Gasteiger partial charge is 0.464 e. The predicted octanol–water partition coefficient (Wildman–Crippen LogP) is 8.27. The van der Waals surface area contributed by atoms with Crippen molar-refractivity contribution in [2.75, 3.05) is 0 Å². The van der Waals surface area contributed by atoms with Gasteiger partial charge in [0.25, 0.3) is 0 Å². The van der Waals surface area contributed by atoms with Crippen LogP contribution in [-0.2, 0) is 5.41 Å². The monoisotopic (exact) mass is 533 g/mol. The third-order valence-electron chi connectivity index (χ3n) is 5.16. The number of thiophene rings is 1. The highest BCUT2D eigenvalue weighted by molar-refractivity contribution is 9.10. The van der Waals surface area contributed by atoms with Gasteiger partial charge in [0, 0.05) is 19.2 Å². The number of nitrogens with zero attached hydrogens (tertiary/aromatic N) is 1. The van der Waals surface area contributed by atoms with E-state index in [0.29, 0.717) is 15.8 Å². The SMILES string of the molecule is CC(C)(C)c1ccc(C2Oc3cc(Br)cc(F)c3-c3cc4cc(Br)ccc4n32)s1. The first kappa shape index (κ1) is 19.3. The zero-order valence-electron chi connectivity index (χ0n) is 16.1. The maximum atomic E-state index is 15.0. The van der Waals surface area contributed by atoms with Crippen LogP contribution in [-0.4, -0.2) is 4.57 Å². The number of aromatic nitrogens is 1. The van der Waals surface area contributed by atoms with Crippen LogP contribution in [0, 0.1) is 5.82 Å². The van der Waals surface area contributed by atoms with Crippen molar-refractivity contribution in [3.8, 4) is 17.0 Å². The second-order valence-corrected chi connectivity index (χ2v) is 11.2. The van der Waals surface area contributed by atoms with Crippen LogP contribution in [0.2, 0.25) is 0 Å². The molecule has 0 spiro atoms. The molecule has 2 nitrogen and oxygen atoms in total. The van der Waals surface area contributed by atoms with Crippen molar-refractivity contribution in [3.63, 3.8) is 0 Å². The first-order chi connectivity index (χ1) is 13.7. The number of hydrogen-bond acceptors (Lipinski definition) is 2. The molecule has 5 rings (SSSR count). The average molecular weight is 535 g/mol. The number of benzene rings is 2. The topological polar surface area (TPSA) is 14.2 Å². The summed E-state index contributed by atoms with van der Waals surface area (Å²) in [6.07, 6.45) is -0.342. The van der Waals surface area contributed by atoms with E-state index in [-0.39, 0.29) is 17.5 Å². The van der Waals surface area contributed by atoms with Crippen LogP contribution in [0.15, 0.2) is 57.5 Å². The van der Waals surface area contributed by atoms with Crippen LogP contribution in [0.25, 0.3) is 22.2 Å². The van der Waals surface area contributed by atoms with Crippen molar-refractivity contribution in [3.05, 3.63) is 73.0 Å². The van der Waals surface area contributed by atoms with Gasteiger partial charge in [0.2, 0.25) is 6.23 Å². The van der Waals surface area contributed by atoms with Gasteiger partial charge in [-0.1, -0.05) is 52.6 Å². The first-order valence-electron chi connectivity index (χ1n) is 9.29. The van der Waals surface area contributed by atoms with E-state index >= 15 is 0 Å². The van der Waals surface area contributed by atoms with Gasteiger partial charge in [-0.2, -0.15) is 0 Å². The maximum Gasteiger partial charge on any atom is 0.212 e. The molecular formula is C23H18Br2FNOS. The van der Waals surface area contributed by atoms with E-state index in [0.717, 1.165) is 25.9 Å². The maximum absolute atomic E-state index is 15.0. The van der Waals surface area contributed by atoms with Gasteiger partial charge in [-0.05, 0) is 53.9 Å². The summed E-state index contributed by atoms with van der Waals surface area (Å²) in [5.41, 5.74) is 2.42. The fourth-order valence-electron chi connectivity index (χ4n) is 3.79. The van der Waals surface area contributed by atoms with E-state index in [1.807, 2.05) is 18.2 Å². The number of halogens is 3. The zero-order chi connectivity index (χ0) is 20.5. The number of rotatable bonds is 1. The van der Waals surface area contributed by atoms with Crippen LogP contribution in [0.5, 0.6) is 5.75 Å². The normalized spacial score (nSPS) is 15.9. The molecule has 0 radical (unpaired) electrons. The summed E-state index contributed by atoms with van der Waals surface area (Å²) in [6.45, 7) is 6.63. The molecule has 148 valence electrons. The summed E-state index contributed by atoms with van der Waals surface area (Å²) >= 11 is 8.70. The van der Waals surface area contributed by atoms with E-state index in [1.54, 1.807) is 11.3 Å².